The van der Waals surface area contributed by atoms with Gasteiger partial charge in [0.15, 0.2) is 23.0 Å². The van der Waals surface area contributed by atoms with Crippen molar-refractivity contribution in [3.05, 3.63) is 66.0 Å². The molecule has 0 amide bonds. The Bertz CT molecular complexity index is 2800. The summed E-state index contributed by atoms with van der Waals surface area (Å²) in [5.41, 5.74) is 3.17. The lowest BCUT2D eigenvalue weighted by atomic mass is 9.97. The Hall–Kier alpha value is -5.07. The average molecular weight is 1510 g/mol. The van der Waals surface area contributed by atoms with Crippen LogP contribution < -0.4 is 28.4 Å². The number of ether oxygens (including phenoxy) is 6. The molecule has 2 aromatic heterocycles. The minimum atomic E-state index is -3.20. The number of carbonyl (C=O) groups excluding carboxylic acids is 1. The summed E-state index contributed by atoms with van der Waals surface area (Å²) in [5.74, 6) is 7.39. The van der Waals surface area contributed by atoms with Crippen molar-refractivity contribution in [2.24, 2.45) is 47.3 Å². The Morgan fingerprint density at radius 1 is 0.333 bits per heavy atom. The molecule has 2 N–H and O–H groups in total. The first-order valence-electron chi connectivity index (χ1n) is 45.0. The van der Waals surface area contributed by atoms with Gasteiger partial charge >= 0.3 is 7.47 Å². The maximum atomic E-state index is 14.7. The lowest BCUT2D eigenvalue weighted by Crippen LogP contribution is -2.10. The molecule has 2 aromatic carbocycles. The normalized spacial score (nSPS) is 13.1. The van der Waals surface area contributed by atoms with Gasteiger partial charge in [-0.15, -0.1) is 0 Å². The van der Waals surface area contributed by atoms with E-state index in [0.29, 0.717) is 133 Å². The standard InChI is InChI=1S/C95H161BF2N2O8/c1-15-17-19-21-23-25-27-29-31-33-35-37-39-41-63-106-94-90(102-65-59-78(11)51-43-47-74(3)4)69-82(70-91(94)103-66-60-79(12)52-44-48-75(5)6)84-55-57-86(99-84)88(101)73-89(108-96(97)98)87-58-56-85(100-87)83-71-92(104-67-61-80(13)53-45-49-76(7)8)95(93(72-83)105-68-62-81(14)54-46-50-77(9)10)107-64-42-40-38-36-34-32-30-28-26-24-22-20-18-16-2/h55-58,69-81,99-100H,15-54,59-68H2,1-14H3/b89-73-/t78-,79-,80-,81-/m0/s1. The summed E-state index contributed by atoms with van der Waals surface area (Å²) in [6, 6.07) is 15.0. The van der Waals surface area contributed by atoms with Crippen molar-refractivity contribution < 1.29 is 46.5 Å². The van der Waals surface area contributed by atoms with Crippen molar-refractivity contribution in [2.75, 3.05) is 39.6 Å². The summed E-state index contributed by atoms with van der Waals surface area (Å²) in [4.78, 5) is 21.3. The fourth-order valence-corrected chi connectivity index (χ4v) is 14.6. The SMILES string of the molecule is CCCCCCCCCCCCCCCCOc1c(OCC[C@@H](C)CCCC(C)C)cc(-c2ccc(C(=O)/C=C(\OB(F)F)c3ccc(-c4cc(OCC[C@@H](C)CCCC(C)C)c(OCCCCCCCCCCCCCCCC)c(OCC[C@@H](C)CCCC(C)C)c4)[nH]3)[nH]2)cc1OCC[C@@H](C)CCCC(C)C. The third kappa shape index (κ3) is 44.2. The number of aromatic nitrogens is 2. The van der Waals surface area contributed by atoms with Gasteiger partial charge in [0.1, 0.15) is 5.76 Å². The first-order valence-corrected chi connectivity index (χ1v) is 45.0. The van der Waals surface area contributed by atoms with Crippen molar-refractivity contribution in [1.82, 2.24) is 9.97 Å². The van der Waals surface area contributed by atoms with Crippen LogP contribution in [0.4, 0.5) is 8.63 Å². The predicted octanol–water partition coefficient (Wildman–Crippen LogP) is 30.5. The zero-order chi connectivity index (χ0) is 78.4. The molecule has 0 saturated heterocycles. The second-order valence-electron chi connectivity index (χ2n) is 34.6. The highest BCUT2D eigenvalue weighted by atomic mass is 19.2. The number of aromatic amines is 2. The van der Waals surface area contributed by atoms with Gasteiger partial charge in [0.2, 0.25) is 17.3 Å². The Morgan fingerprint density at radius 2 is 0.602 bits per heavy atom. The molecule has 0 aliphatic rings. The van der Waals surface area contributed by atoms with Crippen LogP contribution in [0.15, 0.2) is 54.6 Å². The van der Waals surface area contributed by atoms with Crippen LogP contribution in [0.25, 0.3) is 28.3 Å². The topological polar surface area (TPSA) is 113 Å². The van der Waals surface area contributed by atoms with E-state index in [9.17, 15) is 13.4 Å². The number of nitrogens with one attached hydrogen (secondary N) is 2. The number of hydrogen-bond donors (Lipinski definition) is 2. The molecule has 4 atom stereocenters. The molecule has 0 saturated carbocycles. The smallest absolute Gasteiger partial charge is 0.503 e. The highest BCUT2D eigenvalue weighted by Crippen LogP contribution is 2.45. The minimum absolute atomic E-state index is 0.206. The van der Waals surface area contributed by atoms with Crippen molar-refractivity contribution in [3.63, 3.8) is 0 Å². The van der Waals surface area contributed by atoms with Gasteiger partial charge in [0.05, 0.1) is 51.0 Å². The summed E-state index contributed by atoms with van der Waals surface area (Å²) in [7, 11) is -3.20. The van der Waals surface area contributed by atoms with Gasteiger partial charge in [-0.2, -0.15) is 0 Å². The molecule has 0 bridgehead atoms. The highest BCUT2D eigenvalue weighted by molar-refractivity contribution is 6.36. The van der Waals surface area contributed by atoms with E-state index in [-0.39, 0.29) is 17.1 Å². The number of ketones is 1. The maximum Gasteiger partial charge on any atom is 0.796 e. The first-order chi connectivity index (χ1) is 52.3. The maximum absolute atomic E-state index is 14.7. The van der Waals surface area contributed by atoms with Crippen LogP contribution in [0.1, 0.15) is 396 Å². The molecule has 4 rings (SSSR count). The molecule has 0 fully saturated rings. The number of unbranched alkanes of at least 4 members (excludes halogenated alkanes) is 26. The van der Waals surface area contributed by atoms with Crippen LogP contribution in [0, 0.1) is 47.3 Å². The molecule has 4 aromatic rings. The van der Waals surface area contributed by atoms with Crippen LogP contribution in [-0.4, -0.2) is 62.9 Å². The fourth-order valence-electron chi connectivity index (χ4n) is 14.6. The molecule has 10 nitrogen and oxygen atoms in total. The van der Waals surface area contributed by atoms with Gasteiger partial charge in [-0.05, 0) is 134 Å². The summed E-state index contributed by atoms with van der Waals surface area (Å²) < 4.78 is 75.3. The van der Waals surface area contributed by atoms with E-state index >= 15 is 0 Å². The largest absolute Gasteiger partial charge is 0.796 e. The first kappa shape index (κ1) is 95.3. The summed E-state index contributed by atoms with van der Waals surface area (Å²) in [6.07, 6.45) is 54.7. The Kier molecular flexibility index (Phi) is 52.6. The van der Waals surface area contributed by atoms with Crippen molar-refractivity contribution >= 4 is 19.0 Å². The molecular formula is C95H161BF2N2O8. The third-order valence-electron chi connectivity index (χ3n) is 21.9. The lowest BCUT2D eigenvalue weighted by molar-refractivity contribution is 0.104. The number of rotatable bonds is 71. The fraction of sp³-hybridized carbons (Fsp3) is 0.758. The molecule has 0 radical (unpaired) electrons. The van der Waals surface area contributed by atoms with Gasteiger partial charge in [0.25, 0.3) is 0 Å². The zero-order valence-corrected chi connectivity index (χ0v) is 71.8. The van der Waals surface area contributed by atoms with E-state index in [1.165, 1.54) is 205 Å². The van der Waals surface area contributed by atoms with Gasteiger partial charge in [-0.1, -0.05) is 341 Å². The molecule has 13 heteroatoms. The average Bonchev–Trinajstić information content (AvgIpc) is 1.49. The molecule has 0 unspecified atom stereocenters. The van der Waals surface area contributed by atoms with E-state index in [2.05, 4.69) is 107 Å². The van der Waals surface area contributed by atoms with Gasteiger partial charge in [0, 0.05) is 28.6 Å². The quantitative estimate of drug-likeness (QED) is 0.0148. The number of H-pyrrole nitrogens is 2. The van der Waals surface area contributed by atoms with Crippen molar-refractivity contribution in [1.29, 1.82) is 0 Å². The Balaban J connectivity index is 1.67. The highest BCUT2D eigenvalue weighted by Gasteiger charge is 2.26. The van der Waals surface area contributed by atoms with E-state index in [4.69, 9.17) is 33.1 Å². The van der Waals surface area contributed by atoms with Crippen LogP contribution >= 0.6 is 0 Å². The van der Waals surface area contributed by atoms with Gasteiger partial charge < -0.3 is 43.0 Å². The number of hydrogen-bond acceptors (Lipinski definition) is 8. The molecule has 616 valence electrons. The number of allylic oxidation sites excluding steroid dienone is 1. The van der Waals surface area contributed by atoms with Crippen molar-refractivity contribution in [3.8, 4) is 57.0 Å². The summed E-state index contributed by atoms with van der Waals surface area (Å²) in [5, 5.41) is 0. The number of carbonyl (C=O) groups is 1. The molecular weight excluding hydrogens is 1350 g/mol. The monoisotopic (exact) mass is 1510 g/mol. The van der Waals surface area contributed by atoms with Crippen LogP contribution in [0.5, 0.6) is 34.5 Å². The lowest BCUT2D eigenvalue weighted by Gasteiger charge is -2.20. The Morgan fingerprint density at radius 3 is 0.880 bits per heavy atom. The third-order valence-corrected chi connectivity index (χ3v) is 21.9. The van der Waals surface area contributed by atoms with Crippen LogP contribution in [-0.2, 0) is 4.65 Å². The van der Waals surface area contributed by atoms with Gasteiger partial charge in [-0.25, -0.2) is 8.63 Å². The molecule has 2 heterocycles. The predicted molar refractivity (Wildman–Crippen MR) is 457 cm³/mol. The number of halogens is 2. The van der Waals surface area contributed by atoms with E-state index in [1.54, 1.807) is 12.1 Å². The van der Waals surface area contributed by atoms with Gasteiger partial charge in [-0.3, -0.25) is 4.79 Å². The zero-order valence-electron chi connectivity index (χ0n) is 71.8. The van der Waals surface area contributed by atoms with Crippen LogP contribution in [0.2, 0.25) is 0 Å². The minimum Gasteiger partial charge on any atom is -0.503 e. The number of benzene rings is 2. The van der Waals surface area contributed by atoms with Crippen molar-refractivity contribution in [2.45, 2.75) is 379 Å². The summed E-state index contributed by atoms with van der Waals surface area (Å²) in [6.45, 7) is 35.2. The molecule has 0 aliphatic carbocycles. The van der Waals surface area contributed by atoms with Crippen LogP contribution in [0.3, 0.4) is 0 Å². The second-order valence-corrected chi connectivity index (χ2v) is 34.6. The summed E-state index contributed by atoms with van der Waals surface area (Å²) >= 11 is 0. The van der Waals surface area contributed by atoms with E-state index in [0.717, 1.165) is 94.3 Å². The Labute approximate surface area is 661 Å². The second kappa shape index (κ2) is 59.7. The molecule has 108 heavy (non-hydrogen) atoms. The molecule has 0 spiro atoms. The van der Waals surface area contributed by atoms with E-state index in [1.807, 2.05) is 36.4 Å². The molecule has 0 aliphatic heterocycles. The van der Waals surface area contributed by atoms with E-state index < -0.39 is 13.3 Å².